The van der Waals surface area contributed by atoms with Crippen LogP contribution in [0, 0.1) is 6.92 Å². The maximum atomic E-state index is 13.3. The quantitative estimate of drug-likeness (QED) is 0.545. The number of anilines is 2. The zero-order valence-electron chi connectivity index (χ0n) is 19.1. The van der Waals surface area contributed by atoms with Gasteiger partial charge < -0.3 is 10.2 Å². The highest BCUT2D eigenvalue weighted by Gasteiger charge is 2.29. The standard InChI is InChI=1S/C26H27N3O4S/c1-18-7-6-10-22(15-18)27-26(31)24(16-20-8-4-3-5-9-20)28-34(32,33)23-11-12-25-21(17-23)13-14-29(25)19(2)30/h3-12,15,17,24,28H,13-14,16H2,1-2H3,(H,27,31)/t24-/m0/s1. The second-order valence-corrected chi connectivity index (χ2v) is 10.1. The predicted octanol–water partition coefficient (Wildman–Crippen LogP) is 3.43. The minimum atomic E-state index is -4.00. The van der Waals surface area contributed by atoms with Crippen molar-refractivity contribution in [3.8, 4) is 0 Å². The van der Waals surface area contributed by atoms with Crippen molar-refractivity contribution in [3.05, 3.63) is 89.5 Å². The van der Waals surface area contributed by atoms with Gasteiger partial charge in [0.25, 0.3) is 0 Å². The van der Waals surface area contributed by atoms with E-state index < -0.39 is 22.0 Å². The second kappa shape index (κ2) is 9.79. The van der Waals surface area contributed by atoms with Crippen LogP contribution in [0.3, 0.4) is 0 Å². The van der Waals surface area contributed by atoms with E-state index in [4.69, 9.17) is 0 Å². The molecule has 0 saturated heterocycles. The van der Waals surface area contributed by atoms with Gasteiger partial charge in [-0.2, -0.15) is 4.72 Å². The molecule has 3 aromatic rings. The van der Waals surface area contributed by atoms with Crippen molar-refractivity contribution >= 4 is 33.2 Å². The van der Waals surface area contributed by atoms with Crippen molar-refractivity contribution in [2.24, 2.45) is 0 Å². The number of nitrogens with one attached hydrogen (secondary N) is 2. The van der Waals surface area contributed by atoms with Gasteiger partial charge in [-0.05, 0) is 66.8 Å². The Kier molecular flexibility index (Phi) is 6.81. The minimum Gasteiger partial charge on any atom is -0.325 e. The highest BCUT2D eigenvalue weighted by Crippen LogP contribution is 2.30. The molecule has 1 heterocycles. The van der Waals surface area contributed by atoms with Gasteiger partial charge in [0.1, 0.15) is 6.04 Å². The van der Waals surface area contributed by atoms with Crippen LogP contribution in [0.1, 0.15) is 23.6 Å². The molecule has 0 bridgehead atoms. The van der Waals surface area contributed by atoms with E-state index in [2.05, 4.69) is 10.0 Å². The molecule has 7 nitrogen and oxygen atoms in total. The van der Waals surface area contributed by atoms with E-state index in [1.54, 1.807) is 23.1 Å². The Labute approximate surface area is 199 Å². The summed E-state index contributed by atoms with van der Waals surface area (Å²) in [5, 5.41) is 2.83. The Morgan fingerprint density at radius 2 is 1.76 bits per heavy atom. The van der Waals surface area contributed by atoms with Crippen LogP contribution in [0.25, 0.3) is 0 Å². The number of rotatable bonds is 7. The Morgan fingerprint density at radius 1 is 1.00 bits per heavy atom. The van der Waals surface area contributed by atoms with Crippen molar-refractivity contribution in [3.63, 3.8) is 0 Å². The summed E-state index contributed by atoms with van der Waals surface area (Å²) in [4.78, 5) is 26.7. The number of benzene rings is 3. The summed E-state index contributed by atoms with van der Waals surface area (Å²) in [6.07, 6.45) is 0.778. The lowest BCUT2D eigenvalue weighted by atomic mass is 10.1. The molecular weight excluding hydrogens is 450 g/mol. The van der Waals surface area contributed by atoms with Gasteiger partial charge in [0.15, 0.2) is 0 Å². The zero-order valence-corrected chi connectivity index (χ0v) is 19.9. The van der Waals surface area contributed by atoms with E-state index in [1.807, 2.05) is 55.5 Å². The first kappa shape index (κ1) is 23.7. The summed E-state index contributed by atoms with van der Waals surface area (Å²) in [6.45, 7) is 3.93. The van der Waals surface area contributed by atoms with Gasteiger partial charge in [-0.1, -0.05) is 42.5 Å². The molecule has 0 saturated carbocycles. The summed E-state index contributed by atoms with van der Waals surface area (Å²) in [5.41, 5.74) is 3.94. The molecule has 1 aliphatic heterocycles. The lowest BCUT2D eigenvalue weighted by Crippen LogP contribution is -2.45. The smallest absolute Gasteiger partial charge is 0.242 e. The molecule has 2 N–H and O–H groups in total. The van der Waals surface area contributed by atoms with Crippen LogP contribution in [0.2, 0.25) is 0 Å². The van der Waals surface area contributed by atoms with E-state index in [9.17, 15) is 18.0 Å². The fraction of sp³-hybridized carbons (Fsp3) is 0.231. The van der Waals surface area contributed by atoms with E-state index in [1.165, 1.54) is 13.0 Å². The van der Waals surface area contributed by atoms with Crippen LogP contribution in [-0.4, -0.2) is 32.8 Å². The molecule has 0 aliphatic carbocycles. The topological polar surface area (TPSA) is 95.6 Å². The third-order valence-electron chi connectivity index (χ3n) is 5.82. The molecule has 176 valence electrons. The van der Waals surface area contributed by atoms with Gasteiger partial charge >= 0.3 is 0 Å². The fourth-order valence-electron chi connectivity index (χ4n) is 4.12. The monoisotopic (exact) mass is 477 g/mol. The summed E-state index contributed by atoms with van der Waals surface area (Å²) in [5.74, 6) is -0.523. The van der Waals surface area contributed by atoms with Gasteiger partial charge in [-0.15, -0.1) is 0 Å². The van der Waals surface area contributed by atoms with Crippen molar-refractivity contribution in [1.82, 2.24) is 4.72 Å². The zero-order chi connectivity index (χ0) is 24.3. The van der Waals surface area contributed by atoms with Gasteiger partial charge in [0.2, 0.25) is 21.8 Å². The van der Waals surface area contributed by atoms with E-state index >= 15 is 0 Å². The molecular formula is C26H27N3O4S. The highest BCUT2D eigenvalue weighted by atomic mass is 32.2. The molecule has 1 aliphatic rings. The third kappa shape index (κ3) is 5.35. The summed E-state index contributed by atoms with van der Waals surface area (Å²) >= 11 is 0. The predicted molar refractivity (Wildman–Crippen MR) is 132 cm³/mol. The molecule has 4 rings (SSSR count). The largest absolute Gasteiger partial charge is 0.325 e. The molecule has 0 spiro atoms. The van der Waals surface area contributed by atoms with Crippen LogP contribution in [0.15, 0.2) is 77.7 Å². The normalized spacial score (nSPS) is 13.9. The number of hydrogen-bond acceptors (Lipinski definition) is 4. The average Bonchev–Trinajstić information content (AvgIpc) is 3.23. The Balaban J connectivity index is 1.60. The number of aryl methyl sites for hydroxylation is 1. The number of sulfonamides is 1. The van der Waals surface area contributed by atoms with E-state index in [0.717, 1.165) is 22.4 Å². The van der Waals surface area contributed by atoms with Crippen LogP contribution < -0.4 is 14.9 Å². The Morgan fingerprint density at radius 3 is 2.47 bits per heavy atom. The number of hydrogen-bond donors (Lipinski definition) is 2. The van der Waals surface area contributed by atoms with Crippen molar-refractivity contribution < 1.29 is 18.0 Å². The fourth-order valence-corrected chi connectivity index (χ4v) is 5.36. The maximum Gasteiger partial charge on any atom is 0.242 e. The second-order valence-electron chi connectivity index (χ2n) is 8.43. The van der Waals surface area contributed by atoms with Crippen LogP contribution >= 0.6 is 0 Å². The average molecular weight is 478 g/mol. The van der Waals surface area contributed by atoms with Gasteiger partial charge in [-0.3, -0.25) is 9.59 Å². The molecule has 8 heteroatoms. The number of carbonyl (C=O) groups excluding carboxylic acids is 2. The van der Waals surface area contributed by atoms with E-state index in [0.29, 0.717) is 18.7 Å². The van der Waals surface area contributed by atoms with Crippen molar-refractivity contribution in [1.29, 1.82) is 0 Å². The Hall–Kier alpha value is -3.49. The molecule has 3 aromatic carbocycles. The lowest BCUT2D eigenvalue weighted by molar-refractivity contribution is -0.118. The first-order chi connectivity index (χ1) is 16.2. The van der Waals surface area contributed by atoms with Gasteiger partial charge in [-0.25, -0.2) is 8.42 Å². The number of carbonyl (C=O) groups is 2. The molecule has 0 radical (unpaired) electrons. The SMILES string of the molecule is CC(=O)N1CCc2cc(S(=O)(=O)N[C@@H](Cc3ccccc3)C(=O)Nc3cccc(C)c3)ccc21. The molecule has 0 aromatic heterocycles. The molecule has 0 fully saturated rings. The first-order valence-electron chi connectivity index (χ1n) is 11.1. The summed E-state index contributed by atoms with van der Waals surface area (Å²) < 4.78 is 29.2. The molecule has 1 atom stereocenters. The molecule has 34 heavy (non-hydrogen) atoms. The number of fused-ring (bicyclic) bond motifs is 1. The summed E-state index contributed by atoms with van der Waals surface area (Å²) in [6, 6.07) is 20.3. The van der Waals surface area contributed by atoms with Crippen LogP contribution in [-0.2, 0) is 32.5 Å². The van der Waals surface area contributed by atoms with Crippen molar-refractivity contribution in [2.75, 3.05) is 16.8 Å². The maximum absolute atomic E-state index is 13.3. The van der Waals surface area contributed by atoms with Gasteiger partial charge in [0, 0.05) is 24.8 Å². The molecule has 0 unspecified atom stereocenters. The minimum absolute atomic E-state index is 0.0677. The number of amides is 2. The summed E-state index contributed by atoms with van der Waals surface area (Å²) in [7, 11) is -4.00. The lowest BCUT2D eigenvalue weighted by Gasteiger charge is -2.20. The van der Waals surface area contributed by atoms with Crippen LogP contribution in [0.5, 0.6) is 0 Å². The number of nitrogens with zero attached hydrogens (tertiary/aromatic N) is 1. The van der Waals surface area contributed by atoms with Crippen molar-refractivity contribution in [2.45, 2.75) is 37.6 Å². The van der Waals surface area contributed by atoms with Gasteiger partial charge in [0.05, 0.1) is 4.90 Å². The first-order valence-corrected chi connectivity index (χ1v) is 12.6. The highest BCUT2D eigenvalue weighted by molar-refractivity contribution is 7.89. The third-order valence-corrected chi connectivity index (χ3v) is 7.29. The molecule has 2 amide bonds. The van der Waals surface area contributed by atoms with Crippen LogP contribution in [0.4, 0.5) is 11.4 Å². The Bertz CT molecular complexity index is 1320. The van der Waals surface area contributed by atoms with E-state index in [-0.39, 0.29) is 17.2 Å².